The molecule has 2 fully saturated rings. The van der Waals surface area contributed by atoms with Crippen LogP contribution in [0.15, 0.2) is 18.2 Å². The molecule has 2 N–H and O–H groups in total. The summed E-state index contributed by atoms with van der Waals surface area (Å²) < 4.78 is 5.39. The lowest BCUT2D eigenvalue weighted by Gasteiger charge is -2.41. The average molecular weight is 347 g/mol. The molecule has 1 aromatic carbocycles. The molecule has 1 aromatic rings. The smallest absolute Gasteiger partial charge is 0.335 e. The van der Waals surface area contributed by atoms with Crippen molar-refractivity contribution in [2.45, 2.75) is 38.2 Å². The number of carboxylic acids is 1. The Labute approximate surface area is 147 Å². The van der Waals surface area contributed by atoms with Crippen LogP contribution >= 0.6 is 0 Å². The topological polar surface area (TPSA) is 87.1 Å². The van der Waals surface area contributed by atoms with Gasteiger partial charge in [-0.2, -0.15) is 0 Å². The summed E-state index contributed by atoms with van der Waals surface area (Å²) in [5, 5.41) is 19.8. The lowest BCUT2D eigenvalue weighted by atomic mass is 9.79. The first kappa shape index (κ1) is 17.9. The van der Waals surface area contributed by atoms with Gasteiger partial charge in [0.1, 0.15) is 0 Å². The highest BCUT2D eigenvalue weighted by atomic mass is 16.5. The molecule has 6 nitrogen and oxygen atoms in total. The highest BCUT2D eigenvalue weighted by Gasteiger charge is 2.42. The van der Waals surface area contributed by atoms with E-state index in [0.717, 1.165) is 17.5 Å². The zero-order valence-corrected chi connectivity index (χ0v) is 14.5. The molecule has 0 aromatic heterocycles. The molecule has 2 aliphatic heterocycles. The summed E-state index contributed by atoms with van der Waals surface area (Å²) in [7, 11) is 0. The van der Waals surface area contributed by atoms with Gasteiger partial charge in [0.05, 0.1) is 24.2 Å². The largest absolute Gasteiger partial charge is 0.478 e. The van der Waals surface area contributed by atoms with Gasteiger partial charge in [0.2, 0.25) is 5.91 Å². The van der Waals surface area contributed by atoms with Crippen LogP contribution in [0.25, 0.3) is 0 Å². The second-order valence-electron chi connectivity index (χ2n) is 7.17. The Morgan fingerprint density at radius 3 is 2.60 bits per heavy atom. The number of carbonyl (C=O) groups excluding carboxylic acids is 1. The Balaban J connectivity index is 1.59. The van der Waals surface area contributed by atoms with Gasteiger partial charge in [0.25, 0.3) is 0 Å². The lowest BCUT2D eigenvalue weighted by molar-refractivity contribution is -0.137. The van der Waals surface area contributed by atoms with Crippen LogP contribution in [-0.4, -0.2) is 58.9 Å². The molecule has 6 heteroatoms. The zero-order valence-electron chi connectivity index (χ0n) is 14.5. The number of carbonyl (C=O) groups is 2. The second-order valence-corrected chi connectivity index (χ2v) is 7.17. The third kappa shape index (κ3) is 3.85. The van der Waals surface area contributed by atoms with Gasteiger partial charge in [0, 0.05) is 25.6 Å². The van der Waals surface area contributed by atoms with E-state index < -0.39 is 11.6 Å². The van der Waals surface area contributed by atoms with Crippen LogP contribution in [0.4, 0.5) is 0 Å². The van der Waals surface area contributed by atoms with Crippen molar-refractivity contribution in [3.8, 4) is 0 Å². The van der Waals surface area contributed by atoms with Crippen molar-refractivity contribution in [1.82, 2.24) is 4.90 Å². The first-order valence-electron chi connectivity index (χ1n) is 8.80. The summed E-state index contributed by atoms with van der Waals surface area (Å²) >= 11 is 0. The van der Waals surface area contributed by atoms with Gasteiger partial charge in [0.15, 0.2) is 0 Å². The van der Waals surface area contributed by atoms with E-state index >= 15 is 0 Å². The van der Waals surface area contributed by atoms with Crippen LogP contribution in [0, 0.1) is 12.8 Å². The van der Waals surface area contributed by atoms with Gasteiger partial charge in [-0.1, -0.05) is 6.07 Å². The van der Waals surface area contributed by atoms with Crippen molar-refractivity contribution >= 4 is 11.9 Å². The number of aliphatic hydroxyl groups is 1. The minimum Gasteiger partial charge on any atom is -0.478 e. The number of carboxylic acid groups (broad SMARTS) is 1. The molecule has 0 bridgehead atoms. The minimum absolute atomic E-state index is 0.0240. The predicted octanol–water partition coefficient (Wildman–Crippen LogP) is 1.63. The maximum Gasteiger partial charge on any atom is 0.335 e. The lowest BCUT2D eigenvalue weighted by Crippen LogP contribution is -2.51. The van der Waals surface area contributed by atoms with Crippen molar-refractivity contribution in [2.24, 2.45) is 5.92 Å². The molecule has 0 radical (unpaired) electrons. The predicted molar refractivity (Wildman–Crippen MR) is 91.5 cm³/mol. The number of likely N-dealkylation sites (tertiary alicyclic amines) is 1. The van der Waals surface area contributed by atoms with Gasteiger partial charge in [-0.05, 0) is 49.4 Å². The van der Waals surface area contributed by atoms with E-state index in [-0.39, 0.29) is 23.8 Å². The Hall–Kier alpha value is -1.92. The van der Waals surface area contributed by atoms with E-state index in [0.29, 0.717) is 39.1 Å². The molecule has 2 heterocycles. The molecule has 1 amide bonds. The number of nitrogens with zero attached hydrogens (tertiary/aromatic N) is 1. The van der Waals surface area contributed by atoms with Gasteiger partial charge < -0.3 is 19.8 Å². The van der Waals surface area contributed by atoms with Gasteiger partial charge >= 0.3 is 5.97 Å². The molecule has 0 aliphatic carbocycles. The molecule has 2 saturated heterocycles. The standard InChI is InChI=1S/C19H25NO5/c1-13-10-15(18(22)23)3-2-14(13)11-17(21)20-7-5-19(24,6-8-20)16-4-9-25-12-16/h2-3,10,16,24H,4-9,11-12H2,1H3,(H,22,23). The highest BCUT2D eigenvalue weighted by molar-refractivity contribution is 5.88. The Bertz CT molecular complexity index is 658. The fraction of sp³-hybridized carbons (Fsp3) is 0.579. The molecule has 1 unspecified atom stereocenters. The summed E-state index contributed by atoms with van der Waals surface area (Å²) in [6, 6.07) is 4.85. The molecule has 0 saturated carbocycles. The molecule has 0 spiro atoms. The van der Waals surface area contributed by atoms with Crippen LogP contribution in [0.1, 0.15) is 40.7 Å². The number of hydrogen-bond acceptors (Lipinski definition) is 4. The molecular weight excluding hydrogens is 322 g/mol. The number of ether oxygens (including phenoxy) is 1. The van der Waals surface area contributed by atoms with Crippen molar-refractivity contribution < 1.29 is 24.5 Å². The van der Waals surface area contributed by atoms with Crippen LogP contribution in [-0.2, 0) is 16.0 Å². The van der Waals surface area contributed by atoms with Crippen molar-refractivity contribution in [3.63, 3.8) is 0 Å². The van der Waals surface area contributed by atoms with Gasteiger partial charge in [-0.15, -0.1) is 0 Å². The molecule has 1 atom stereocenters. The summed E-state index contributed by atoms with van der Waals surface area (Å²) in [5.41, 5.74) is 1.17. The van der Waals surface area contributed by atoms with E-state index in [1.807, 2.05) is 6.92 Å². The maximum atomic E-state index is 12.6. The summed E-state index contributed by atoms with van der Waals surface area (Å²) in [6.07, 6.45) is 2.32. The van der Waals surface area contributed by atoms with E-state index in [2.05, 4.69) is 0 Å². The first-order chi connectivity index (χ1) is 11.9. The fourth-order valence-corrected chi connectivity index (χ4v) is 3.81. The van der Waals surface area contributed by atoms with Crippen LogP contribution in [0.3, 0.4) is 0 Å². The monoisotopic (exact) mass is 347 g/mol. The van der Waals surface area contributed by atoms with Crippen molar-refractivity contribution in [2.75, 3.05) is 26.3 Å². The number of amides is 1. The van der Waals surface area contributed by atoms with E-state index in [1.54, 1.807) is 17.0 Å². The highest BCUT2D eigenvalue weighted by Crippen LogP contribution is 2.35. The third-order valence-electron chi connectivity index (χ3n) is 5.60. The molecule has 3 rings (SSSR count). The molecule has 2 aliphatic rings. The normalized spacial score (nSPS) is 22.8. The number of aromatic carboxylic acids is 1. The molecule has 25 heavy (non-hydrogen) atoms. The maximum absolute atomic E-state index is 12.6. The van der Waals surface area contributed by atoms with E-state index in [1.165, 1.54) is 6.07 Å². The van der Waals surface area contributed by atoms with Crippen molar-refractivity contribution in [1.29, 1.82) is 0 Å². The Kier molecular flexibility index (Phi) is 5.11. The number of hydrogen-bond donors (Lipinski definition) is 2. The fourth-order valence-electron chi connectivity index (χ4n) is 3.81. The summed E-state index contributed by atoms with van der Waals surface area (Å²) in [6.45, 7) is 4.25. The van der Waals surface area contributed by atoms with Crippen LogP contribution in [0.5, 0.6) is 0 Å². The SMILES string of the molecule is Cc1cc(C(=O)O)ccc1CC(=O)N1CCC(O)(C2CCOC2)CC1. The summed E-state index contributed by atoms with van der Waals surface area (Å²) in [4.78, 5) is 25.4. The number of piperidine rings is 1. The Morgan fingerprint density at radius 1 is 1.32 bits per heavy atom. The second kappa shape index (κ2) is 7.14. The molecule has 136 valence electrons. The number of aryl methyl sites for hydroxylation is 1. The van der Waals surface area contributed by atoms with Gasteiger partial charge in [-0.25, -0.2) is 4.79 Å². The quantitative estimate of drug-likeness (QED) is 0.864. The minimum atomic E-state index is -0.966. The van der Waals surface area contributed by atoms with E-state index in [4.69, 9.17) is 9.84 Å². The first-order valence-corrected chi connectivity index (χ1v) is 8.80. The third-order valence-corrected chi connectivity index (χ3v) is 5.60. The van der Waals surface area contributed by atoms with E-state index in [9.17, 15) is 14.7 Å². The summed E-state index contributed by atoms with van der Waals surface area (Å²) in [5.74, 6) is -0.765. The zero-order chi connectivity index (χ0) is 18.0. The average Bonchev–Trinajstić information content (AvgIpc) is 3.12. The van der Waals surface area contributed by atoms with Crippen molar-refractivity contribution in [3.05, 3.63) is 34.9 Å². The van der Waals surface area contributed by atoms with Gasteiger partial charge in [-0.3, -0.25) is 4.79 Å². The number of rotatable bonds is 4. The van der Waals surface area contributed by atoms with Crippen LogP contribution < -0.4 is 0 Å². The Morgan fingerprint density at radius 2 is 2.04 bits per heavy atom. The molecular formula is C19H25NO5. The van der Waals surface area contributed by atoms with Crippen LogP contribution in [0.2, 0.25) is 0 Å². The number of benzene rings is 1.